The fourth-order valence-electron chi connectivity index (χ4n) is 40.1. The van der Waals surface area contributed by atoms with Gasteiger partial charge in [0, 0.05) is 58.3 Å². The number of unbranched alkanes of at least 4 members (excludes halogenated alkanes) is 1. The van der Waals surface area contributed by atoms with Gasteiger partial charge in [-0.25, -0.2) is 4.79 Å². The monoisotopic (exact) mass is 2080 g/mol. The predicted molar refractivity (Wildman–Crippen MR) is 579 cm³/mol. The van der Waals surface area contributed by atoms with Crippen molar-refractivity contribution in [2.45, 2.75) is 474 Å². The maximum absolute atomic E-state index is 14.8. The lowest BCUT2D eigenvalue weighted by atomic mass is 9.32. The van der Waals surface area contributed by atoms with E-state index in [0.29, 0.717) is 116 Å². The quantitative estimate of drug-likeness (QED) is 0.0142. The van der Waals surface area contributed by atoms with Crippen LogP contribution in [0.2, 0.25) is 0 Å². The Morgan fingerprint density at radius 3 is 0.940 bits per heavy atom. The first-order chi connectivity index (χ1) is 68.6. The molecule has 0 bridgehead atoms. The van der Waals surface area contributed by atoms with E-state index in [9.17, 15) is 83.1 Å². The van der Waals surface area contributed by atoms with E-state index in [-0.39, 0.29) is 157 Å². The van der Waals surface area contributed by atoms with Gasteiger partial charge in [-0.2, -0.15) is 0 Å². The van der Waals surface area contributed by atoms with Crippen molar-refractivity contribution < 1.29 is 102 Å². The molecule has 149 heavy (non-hydrogen) atoms. The molecule has 23 heteroatoms. The summed E-state index contributed by atoms with van der Waals surface area (Å²) in [6.07, 6.45) is 31.5. The van der Waals surface area contributed by atoms with Gasteiger partial charge in [0.25, 0.3) is 0 Å². The summed E-state index contributed by atoms with van der Waals surface area (Å²) in [5, 5.41) is 51.2. The zero-order valence-corrected chi connectivity index (χ0v) is 97.3. The number of carbonyl (C=O) groups excluding carboxylic acids is 7. The molecular formula is C126H200N2O21. The molecule has 1 unspecified atom stereocenters. The number of rotatable bonds is 32. The van der Waals surface area contributed by atoms with Gasteiger partial charge in [-0.15, -0.1) is 0 Å². The summed E-state index contributed by atoms with van der Waals surface area (Å²) in [5.41, 5.74) is 4.35. The molecule has 23 nitrogen and oxygen atoms in total. The number of carboxylic acids is 5. The first kappa shape index (κ1) is 119. The summed E-state index contributed by atoms with van der Waals surface area (Å²) < 4.78 is 23.8. The van der Waals surface area contributed by atoms with Gasteiger partial charge in [0.1, 0.15) is 41.3 Å². The van der Waals surface area contributed by atoms with Crippen LogP contribution in [-0.2, 0) is 71.7 Å². The van der Waals surface area contributed by atoms with Gasteiger partial charge < -0.3 is 55.5 Å². The average Bonchev–Trinajstić information content (AvgIpc) is 1.67. The Morgan fingerprint density at radius 2 is 0.658 bits per heavy atom. The second kappa shape index (κ2) is 42.0. The molecule has 8 N–H and O–H groups in total. The van der Waals surface area contributed by atoms with Gasteiger partial charge >= 0.3 is 53.8 Å². The summed E-state index contributed by atoms with van der Waals surface area (Å²) >= 11 is 0. The van der Waals surface area contributed by atoms with Crippen molar-refractivity contribution in [1.29, 1.82) is 0 Å². The second-order valence-electron chi connectivity index (χ2n) is 59.4. The molecule has 1 amide bonds. The number of nitrogens with two attached hydrogens (primary N) is 1. The molecule has 15 rings (SSSR count). The number of carbonyl (C=O) groups is 12. The summed E-state index contributed by atoms with van der Waals surface area (Å²) in [5.74, 6) is -0.290. The van der Waals surface area contributed by atoms with E-state index in [1.54, 1.807) is 41.5 Å². The first-order valence-corrected chi connectivity index (χ1v) is 58.6. The van der Waals surface area contributed by atoms with Gasteiger partial charge in [0.2, 0.25) is 0 Å². The zero-order valence-electron chi connectivity index (χ0n) is 97.3. The van der Waals surface area contributed by atoms with E-state index in [4.69, 9.17) is 24.7 Å². The highest BCUT2D eigenvalue weighted by Crippen LogP contribution is 2.83. The summed E-state index contributed by atoms with van der Waals surface area (Å²) in [6, 6.07) is 0. The molecule has 0 aromatic heterocycles. The van der Waals surface area contributed by atoms with Crippen molar-refractivity contribution >= 4 is 71.2 Å². The summed E-state index contributed by atoms with van der Waals surface area (Å²) in [6.45, 7) is 72.3. The highest BCUT2D eigenvalue weighted by atomic mass is 16.6. The van der Waals surface area contributed by atoms with Crippen LogP contribution in [-0.4, -0.2) is 134 Å². The smallest absolute Gasteiger partial charge is 0.407 e. The number of amides is 1. The number of hydrogen-bond acceptors (Lipinski definition) is 17. The fraction of sp³-hybridized carbons (Fsp3) is 0.857. The third-order valence-electron chi connectivity index (χ3n) is 48.6. The number of ether oxygens (including phenoxy) is 4. The van der Waals surface area contributed by atoms with Crippen molar-refractivity contribution in [1.82, 2.24) is 5.32 Å². The number of alkyl carbamates (subject to hydrolysis) is 1. The van der Waals surface area contributed by atoms with Crippen LogP contribution in [0.3, 0.4) is 0 Å². The summed E-state index contributed by atoms with van der Waals surface area (Å²) in [7, 11) is 0. The van der Waals surface area contributed by atoms with Gasteiger partial charge in [-0.05, 0) is 439 Å². The van der Waals surface area contributed by atoms with Gasteiger partial charge in [0.05, 0.1) is 47.8 Å². The Balaban J connectivity index is 0.000000188. The maximum atomic E-state index is 14.8. The Morgan fingerprint density at radius 1 is 0.349 bits per heavy atom. The van der Waals surface area contributed by atoms with Gasteiger partial charge in [0.15, 0.2) is 0 Å². The van der Waals surface area contributed by atoms with E-state index in [1.165, 1.54) is 30.4 Å². The van der Waals surface area contributed by atoms with E-state index in [2.05, 4.69) is 150 Å². The van der Waals surface area contributed by atoms with Crippen molar-refractivity contribution in [3.8, 4) is 0 Å². The third-order valence-corrected chi connectivity index (χ3v) is 48.6. The maximum Gasteiger partial charge on any atom is 0.407 e. The summed E-state index contributed by atoms with van der Waals surface area (Å²) in [4.78, 5) is 153. The number of aliphatic carboxylic acids is 5. The molecule has 0 heterocycles. The number of nitrogens with one attached hydrogen (secondary N) is 1. The van der Waals surface area contributed by atoms with E-state index < -0.39 is 92.4 Å². The van der Waals surface area contributed by atoms with Crippen LogP contribution in [0.25, 0.3) is 0 Å². The minimum absolute atomic E-state index is 0.000404. The van der Waals surface area contributed by atoms with Crippen molar-refractivity contribution in [3.05, 3.63) is 36.5 Å². The standard InChI is InChI=1S/C48H77NO9.C39H63NO5.C39H60O7/c1-29(2)31-18-23-48(35(50)27-30(39(52)53)15-13-14-26-49-41(56)58-42(3,4)5)25-24-46(11)32(38(31)48)16-17-34-45(10)21-20-36(57-37(51)28-43(6,7)40(54)55)44(8,9)33(45)19-22-47(34,46)12;1-24(2)25-14-19-39(29(41)11-10-22-40)21-20-37(8)26(32(25)39)12-13-28-36(7)17-16-30(45-31(42)23-34(3,4)33(43)44)35(5,6)27(36)15-18-38(28,37)9;1-23(2)24-14-19-39(28(40)12-13-30(41)42)21-20-37(8)25(32(24)39)10-11-27-36(7)17-16-29(46-31(43)22-34(3,4)33(44)45)35(5,6)26(36)15-18-38(27,37)9/h30-34,36,38H,1,13-28H2,2-12H3,(H,49,56)(H,52,53)(H,54,55);25-28,30,32H,1,10-23,40H2,2-9H3,(H,43,44);24-27,29,32H,1,10-22H2,2-9H3,(H,41,42)(H,44,45)/t30?,31-,32+,33-,34+,36-,38+,45-,46+,47+,48+;25-,26+,27-,28+,30-,32+,36-,37+,38+,39+;24-,25+,26-,27+,29-,32+,36-,37+,38+,39+/m000/s1. The molecule has 31 atom stereocenters. The van der Waals surface area contributed by atoms with Crippen LogP contribution in [0.5, 0.6) is 0 Å². The SMILES string of the molecule is C=C(C)[C@@H]1CC[C@]2(C(=O)CC(CCCCNC(=O)OC(C)(C)C)C(=O)O)CC[C@]3(C)[C@H](CC[C@@H]4[C@@]5(C)CC[C@H](OC(=O)CC(C)(C)C(=O)O)C(C)(C)[C@@H]5CC[C@]43C)[C@@H]12.C=C(C)[C@@H]1CC[C@]2(C(=O)CCC(=O)O)CC[C@]3(C)[C@H](CC[C@@H]4[C@@]5(C)CC[C@H](OC(=O)CC(C)(C)C(=O)O)C(C)(C)[C@@H]5CC[C@]43C)[C@@H]12.C=C(C)[C@@H]1CC[C@]2(C(=O)CCCN)CC[C@]3(C)[C@H](CC[C@@H]4[C@@]5(C)CC[C@H](OC(=O)CC(C)(C)C(=O)O)C(C)(C)[C@@H]5CC[C@]43C)[C@@H]12. The van der Waals surface area contributed by atoms with Crippen LogP contribution in [0.15, 0.2) is 36.5 Å². The predicted octanol–water partition coefficient (Wildman–Crippen LogP) is 27.3. The molecule has 0 spiro atoms. The van der Waals surface area contributed by atoms with Crippen LogP contribution >= 0.6 is 0 Å². The molecule has 0 aromatic carbocycles. The van der Waals surface area contributed by atoms with E-state index in [1.807, 2.05) is 20.8 Å². The largest absolute Gasteiger partial charge is 0.481 e. The molecular weight excluding hydrogens is 1880 g/mol. The van der Waals surface area contributed by atoms with Gasteiger partial charge in [-0.3, -0.25) is 52.7 Å². The Bertz CT molecular complexity index is 5120. The highest BCUT2D eigenvalue weighted by Gasteiger charge is 2.77. The minimum Gasteiger partial charge on any atom is -0.481 e. The van der Waals surface area contributed by atoms with Crippen LogP contribution in [0.4, 0.5) is 4.79 Å². The molecule has 0 aromatic rings. The minimum atomic E-state index is -1.18. The molecule has 0 saturated heterocycles. The number of fused-ring (bicyclic) bond motifs is 21. The molecule has 840 valence electrons. The highest BCUT2D eigenvalue weighted by molar-refractivity contribution is 5.91. The number of allylic oxidation sites excluding steroid dienone is 3. The van der Waals surface area contributed by atoms with Crippen molar-refractivity contribution in [2.75, 3.05) is 13.1 Å². The third kappa shape index (κ3) is 20.5. The van der Waals surface area contributed by atoms with Crippen molar-refractivity contribution in [3.63, 3.8) is 0 Å². The number of esters is 3. The number of hydrogen-bond donors (Lipinski definition) is 7. The van der Waals surface area contributed by atoms with E-state index in [0.717, 1.165) is 185 Å². The molecule has 15 fully saturated rings. The molecule has 0 aliphatic heterocycles. The normalized spacial score (nSPS) is 40.9. The number of Topliss-reactive ketones (excluding diaryl/α,β-unsaturated/α-hetero) is 3. The molecule has 0 radical (unpaired) electrons. The lowest BCUT2D eigenvalue weighted by Gasteiger charge is -2.73. The zero-order chi connectivity index (χ0) is 111. The van der Waals surface area contributed by atoms with Gasteiger partial charge in [-0.1, -0.05) is 147 Å². The fourth-order valence-corrected chi connectivity index (χ4v) is 40.1. The molecule has 15 aliphatic rings. The lowest BCUT2D eigenvalue weighted by Crippen LogP contribution is -2.67. The van der Waals surface area contributed by atoms with Crippen LogP contribution in [0.1, 0.15) is 450 Å². The topological polar surface area (TPSA) is 381 Å². The Hall–Kier alpha value is -6.78. The van der Waals surface area contributed by atoms with Crippen molar-refractivity contribution in [2.24, 2.45) is 198 Å². The number of ketones is 3. The van der Waals surface area contributed by atoms with Crippen LogP contribution in [0, 0.1) is 192 Å². The number of carboxylic acid groups (broad SMARTS) is 5. The Kier molecular flexibility index (Phi) is 33.6. The second-order valence-corrected chi connectivity index (χ2v) is 59.4. The molecule has 15 aliphatic carbocycles. The Labute approximate surface area is 894 Å². The van der Waals surface area contributed by atoms with E-state index >= 15 is 0 Å². The van der Waals surface area contributed by atoms with Crippen LogP contribution < -0.4 is 11.1 Å². The lowest BCUT2D eigenvalue weighted by molar-refractivity contribution is -0.249. The average molecular weight is 2080 g/mol. The molecule has 15 saturated carbocycles. The first-order valence-electron chi connectivity index (χ1n) is 58.6.